The molecule has 0 aliphatic rings. The normalized spacial score (nSPS) is 9.50. The van der Waals surface area contributed by atoms with Gasteiger partial charge in [0, 0.05) is 6.54 Å². The molecule has 0 fully saturated rings. The number of methoxy groups -OCH3 is 3. The van der Waals surface area contributed by atoms with E-state index >= 15 is 0 Å². The number of esters is 1. The Morgan fingerprint density at radius 1 is 1.17 bits per heavy atom. The van der Waals surface area contributed by atoms with Gasteiger partial charge in [0.2, 0.25) is 0 Å². The fourth-order valence-electron chi connectivity index (χ4n) is 1.38. The lowest BCUT2D eigenvalue weighted by atomic mass is 10.1. The summed E-state index contributed by atoms with van der Waals surface area (Å²) in [5.74, 6) is 0.0489. The highest BCUT2D eigenvalue weighted by atomic mass is 16.5. The molecule has 0 spiro atoms. The summed E-state index contributed by atoms with van der Waals surface area (Å²) in [4.78, 5) is 22.6. The highest BCUT2D eigenvalue weighted by molar-refractivity contribution is 5.91. The minimum atomic E-state index is -0.568. The van der Waals surface area contributed by atoms with Gasteiger partial charge in [-0.15, -0.1) is 0 Å². The zero-order valence-corrected chi connectivity index (χ0v) is 10.5. The highest BCUT2D eigenvalue weighted by Crippen LogP contribution is 2.18. The third-order valence-electron chi connectivity index (χ3n) is 2.33. The van der Waals surface area contributed by atoms with Gasteiger partial charge in [-0.3, -0.25) is 0 Å². The fraction of sp³-hybridized carbons (Fsp3) is 0.333. The maximum Gasteiger partial charge on any atom is 0.407 e. The molecule has 98 valence electrons. The van der Waals surface area contributed by atoms with Crippen molar-refractivity contribution in [3.8, 4) is 5.75 Å². The van der Waals surface area contributed by atoms with Crippen LogP contribution in [0.5, 0.6) is 5.75 Å². The largest absolute Gasteiger partial charge is 0.497 e. The summed E-state index contributed by atoms with van der Waals surface area (Å²) in [7, 11) is 4.06. The van der Waals surface area contributed by atoms with Crippen molar-refractivity contribution < 1.29 is 23.8 Å². The van der Waals surface area contributed by atoms with Crippen LogP contribution in [0.25, 0.3) is 0 Å². The number of amides is 1. The molecule has 1 aromatic carbocycles. The maximum absolute atomic E-state index is 11.6. The molecule has 0 aromatic heterocycles. The first kappa shape index (κ1) is 13.8. The smallest absolute Gasteiger partial charge is 0.407 e. The van der Waals surface area contributed by atoms with Crippen molar-refractivity contribution in [3.63, 3.8) is 0 Å². The molecule has 0 bridgehead atoms. The molecule has 1 rings (SSSR count). The van der Waals surface area contributed by atoms with Gasteiger partial charge in [0.25, 0.3) is 0 Å². The molecule has 18 heavy (non-hydrogen) atoms. The first-order chi connectivity index (χ1) is 8.62. The van der Waals surface area contributed by atoms with Crippen molar-refractivity contribution in [2.75, 3.05) is 21.3 Å². The van der Waals surface area contributed by atoms with Crippen LogP contribution in [0.15, 0.2) is 18.2 Å². The minimum absolute atomic E-state index is 0.168. The number of benzene rings is 1. The molecule has 1 amide bonds. The van der Waals surface area contributed by atoms with E-state index in [1.54, 1.807) is 18.2 Å². The van der Waals surface area contributed by atoms with E-state index in [0.717, 1.165) is 0 Å². The van der Waals surface area contributed by atoms with Gasteiger partial charge in [0.15, 0.2) is 0 Å². The Bertz CT molecular complexity index is 444. The average Bonchev–Trinajstić information content (AvgIpc) is 2.43. The second kappa shape index (κ2) is 6.48. The molecule has 0 atom stereocenters. The molecule has 0 aliphatic heterocycles. The Morgan fingerprint density at radius 3 is 2.44 bits per heavy atom. The van der Waals surface area contributed by atoms with Crippen LogP contribution < -0.4 is 10.1 Å². The molecule has 0 unspecified atom stereocenters. The van der Waals surface area contributed by atoms with Crippen molar-refractivity contribution in [2.24, 2.45) is 0 Å². The van der Waals surface area contributed by atoms with E-state index in [0.29, 0.717) is 16.9 Å². The molecular formula is C12H15NO5. The SMILES string of the molecule is COC(=O)NCc1ccc(OC)cc1C(=O)OC. The minimum Gasteiger partial charge on any atom is -0.497 e. The van der Waals surface area contributed by atoms with Gasteiger partial charge in [-0.2, -0.15) is 0 Å². The number of carbonyl (C=O) groups excluding carboxylic acids is 2. The number of alkyl carbamates (subject to hydrolysis) is 1. The first-order valence-corrected chi connectivity index (χ1v) is 5.19. The summed E-state index contributed by atoms with van der Waals surface area (Å²) in [6.07, 6.45) is -0.568. The number of carbonyl (C=O) groups is 2. The van der Waals surface area contributed by atoms with Crippen LogP contribution in [-0.4, -0.2) is 33.4 Å². The number of hydrogen-bond acceptors (Lipinski definition) is 5. The molecule has 6 heteroatoms. The number of nitrogens with one attached hydrogen (secondary N) is 1. The Labute approximate surface area is 105 Å². The second-order valence-electron chi connectivity index (χ2n) is 3.36. The molecule has 0 aliphatic carbocycles. The predicted molar refractivity (Wildman–Crippen MR) is 63.6 cm³/mol. The van der Waals surface area contributed by atoms with Crippen LogP contribution in [0.4, 0.5) is 4.79 Å². The molecule has 0 heterocycles. The monoisotopic (exact) mass is 253 g/mol. The zero-order chi connectivity index (χ0) is 13.5. The van der Waals surface area contributed by atoms with Crippen LogP contribution in [0, 0.1) is 0 Å². The van der Waals surface area contributed by atoms with E-state index in [2.05, 4.69) is 14.8 Å². The number of hydrogen-bond donors (Lipinski definition) is 1. The van der Waals surface area contributed by atoms with Gasteiger partial charge < -0.3 is 19.5 Å². The lowest BCUT2D eigenvalue weighted by Crippen LogP contribution is -2.23. The summed E-state index contributed by atoms with van der Waals surface area (Å²) in [6.45, 7) is 0.168. The lowest BCUT2D eigenvalue weighted by molar-refractivity contribution is 0.0598. The van der Waals surface area contributed by atoms with E-state index in [-0.39, 0.29) is 6.54 Å². The van der Waals surface area contributed by atoms with Gasteiger partial charge in [0.05, 0.1) is 26.9 Å². The molecular weight excluding hydrogens is 238 g/mol. The van der Waals surface area contributed by atoms with E-state index in [1.807, 2.05) is 0 Å². The fourth-order valence-corrected chi connectivity index (χ4v) is 1.38. The van der Waals surface area contributed by atoms with Crippen LogP contribution in [0.2, 0.25) is 0 Å². The maximum atomic E-state index is 11.6. The number of rotatable bonds is 4. The van der Waals surface area contributed by atoms with Gasteiger partial charge in [-0.25, -0.2) is 9.59 Å². The van der Waals surface area contributed by atoms with Gasteiger partial charge in [-0.05, 0) is 17.7 Å². The van der Waals surface area contributed by atoms with Crippen LogP contribution in [0.3, 0.4) is 0 Å². The zero-order valence-electron chi connectivity index (χ0n) is 10.5. The van der Waals surface area contributed by atoms with Gasteiger partial charge >= 0.3 is 12.1 Å². The van der Waals surface area contributed by atoms with Crippen molar-refractivity contribution in [1.82, 2.24) is 5.32 Å². The summed E-state index contributed by atoms with van der Waals surface area (Å²) < 4.78 is 14.2. The van der Waals surface area contributed by atoms with Gasteiger partial charge in [-0.1, -0.05) is 6.07 Å². The molecule has 0 saturated carbocycles. The van der Waals surface area contributed by atoms with E-state index in [9.17, 15) is 9.59 Å². The third kappa shape index (κ3) is 3.38. The second-order valence-corrected chi connectivity index (χ2v) is 3.36. The van der Waals surface area contributed by atoms with E-state index < -0.39 is 12.1 Å². The standard InChI is InChI=1S/C12H15NO5/c1-16-9-5-4-8(7-13-12(15)18-3)10(6-9)11(14)17-2/h4-6H,7H2,1-3H3,(H,13,15). The Kier molecular flexibility index (Phi) is 4.98. The molecule has 6 nitrogen and oxygen atoms in total. The van der Waals surface area contributed by atoms with Crippen molar-refractivity contribution in [2.45, 2.75) is 6.54 Å². The van der Waals surface area contributed by atoms with E-state index in [4.69, 9.17) is 4.74 Å². The highest BCUT2D eigenvalue weighted by Gasteiger charge is 2.13. The van der Waals surface area contributed by atoms with Gasteiger partial charge in [0.1, 0.15) is 5.75 Å². The van der Waals surface area contributed by atoms with Crippen LogP contribution >= 0.6 is 0 Å². The summed E-state index contributed by atoms with van der Waals surface area (Å²) in [5, 5.41) is 2.50. The summed E-state index contributed by atoms with van der Waals surface area (Å²) in [5.41, 5.74) is 0.960. The third-order valence-corrected chi connectivity index (χ3v) is 2.33. The van der Waals surface area contributed by atoms with E-state index in [1.165, 1.54) is 21.3 Å². The number of ether oxygens (including phenoxy) is 3. The summed E-state index contributed by atoms with van der Waals surface area (Å²) in [6, 6.07) is 4.93. The topological polar surface area (TPSA) is 73.9 Å². The predicted octanol–water partition coefficient (Wildman–Crippen LogP) is 1.34. The Balaban J connectivity index is 2.95. The quantitative estimate of drug-likeness (QED) is 0.819. The Morgan fingerprint density at radius 2 is 1.89 bits per heavy atom. The Hall–Kier alpha value is -2.24. The molecule has 0 saturated heterocycles. The molecule has 1 aromatic rings. The van der Waals surface area contributed by atoms with Crippen molar-refractivity contribution >= 4 is 12.1 Å². The van der Waals surface area contributed by atoms with Crippen LogP contribution in [-0.2, 0) is 16.0 Å². The lowest BCUT2D eigenvalue weighted by Gasteiger charge is -2.10. The first-order valence-electron chi connectivity index (χ1n) is 5.19. The molecule has 0 radical (unpaired) electrons. The van der Waals surface area contributed by atoms with Crippen LogP contribution in [0.1, 0.15) is 15.9 Å². The van der Waals surface area contributed by atoms with Crippen molar-refractivity contribution in [3.05, 3.63) is 29.3 Å². The average molecular weight is 253 g/mol. The molecule has 1 N–H and O–H groups in total. The van der Waals surface area contributed by atoms with Crippen molar-refractivity contribution in [1.29, 1.82) is 0 Å². The summed E-state index contributed by atoms with van der Waals surface area (Å²) >= 11 is 0.